The minimum Gasteiger partial charge on any atom is -0.507 e. The van der Waals surface area contributed by atoms with Crippen molar-refractivity contribution < 1.29 is 5.11 Å². The van der Waals surface area contributed by atoms with Gasteiger partial charge in [-0.2, -0.15) is 0 Å². The van der Waals surface area contributed by atoms with Gasteiger partial charge in [0.05, 0.1) is 0 Å². The molecule has 0 aliphatic heterocycles. The van der Waals surface area contributed by atoms with E-state index in [2.05, 4.69) is 4.98 Å². The fraction of sp³-hybridized carbons (Fsp3) is 0.500. The second-order valence-corrected chi connectivity index (χ2v) is 4.11. The molecular formula is C10H12ClNO2. The van der Waals surface area contributed by atoms with Crippen LogP contribution in [0.5, 0.6) is 5.75 Å². The number of aromatic amines is 1. The first kappa shape index (κ1) is 9.59. The van der Waals surface area contributed by atoms with E-state index in [0.717, 1.165) is 12.8 Å². The zero-order valence-electron chi connectivity index (χ0n) is 7.72. The quantitative estimate of drug-likeness (QED) is 0.704. The minimum atomic E-state index is -0.353. The Labute approximate surface area is 86.7 Å². The summed E-state index contributed by atoms with van der Waals surface area (Å²) in [5, 5.41) is 9.92. The van der Waals surface area contributed by atoms with Gasteiger partial charge in [0.25, 0.3) is 5.56 Å². The van der Waals surface area contributed by atoms with Gasteiger partial charge >= 0.3 is 0 Å². The first-order valence-electron chi connectivity index (χ1n) is 4.80. The number of hydrogen-bond acceptors (Lipinski definition) is 2. The van der Waals surface area contributed by atoms with Crippen molar-refractivity contribution in [2.45, 2.75) is 31.6 Å². The van der Waals surface area contributed by atoms with Crippen molar-refractivity contribution in [3.8, 4) is 5.75 Å². The number of halogens is 1. The number of pyridine rings is 1. The monoisotopic (exact) mass is 213 g/mol. The Morgan fingerprint density at radius 2 is 2.07 bits per heavy atom. The minimum absolute atomic E-state index is 0.0330. The third kappa shape index (κ3) is 1.64. The lowest BCUT2D eigenvalue weighted by Gasteiger charge is -2.12. The van der Waals surface area contributed by atoms with Crippen LogP contribution in [0.15, 0.2) is 10.9 Å². The van der Waals surface area contributed by atoms with E-state index in [9.17, 15) is 9.90 Å². The van der Waals surface area contributed by atoms with Crippen LogP contribution in [0.1, 0.15) is 37.2 Å². The standard InChI is InChI=1S/C10H12ClNO2/c11-10-9(6-3-1-2-4-6)7(13)5-8(14)12-10/h5-6H,1-4H2,(H2,12,13,14). The topological polar surface area (TPSA) is 53.1 Å². The van der Waals surface area contributed by atoms with Crippen molar-refractivity contribution in [1.29, 1.82) is 0 Å². The molecule has 14 heavy (non-hydrogen) atoms. The van der Waals surface area contributed by atoms with Crippen LogP contribution in [-0.4, -0.2) is 10.1 Å². The summed E-state index contributed by atoms with van der Waals surface area (Å²) in [5.41, 5.74) is 0.359. The van der Waals surface area contributed by atoms with Crippen molar-refractivity contribution >= 4 is 11.6 Å². The largest absolute Gasteiger partial charge is 0.507 e. The zero-order valence-corrected chi connectivity index (χ0v) is 8.47. The highest BCUT2D eigenvalue weighted by Crippen LogP contribution is 2.40. The van der Waals surface area contributed by atoms with Gasteiger partial charge in [-0.25, -0.2) is 0 Å². The van der Waals surface area contributed by atoms with E-state index in [-0.39, 0.29) is 11.3 Å². The van der Waals surface area contributed by atoms with Gasteiger partial charge in [0.15, 0.2) is 0 Å². The zero-order chi connectivity index (χ0) is 10.1. The summed E-state index contributed by atoms with van der Waals surface area (Å²) < 4.78 is 0. The average Bonchev–Trinajstić information content (AvgIpc) is 2.54. The lowest BCUT2D eigenvalue weighted by atomic mass is 9.99. The maximum absolute atomic E-state index is 11.0. The van der Waals surface area contributed by atoms with E-state index in [1.54, 1.807) is 0 Å². The molecule has 0 unspecified atom stereocenters. The lowest BCUT2D eigenvalue weighted by Crippen LogP contribution is -2.07. The summed E-state index contributed by atoms with van der Waals surface area (Å²) in [6.07, 6.45) is 4.41. The Bertz CT molecular complexity index is 367. The van der Waals surface area contributed by atoms with Gasteiger partial charge in [0.2, 0.25) is 0 Å². The molecule has 2 N–H and O–H groups in total. The van der Waals surface area contributed by atoms with Gasteiger partial charge < -0.3 is 10.1 Å². The third-order valence-corrected chi connectivity index (χ3v) is 3.07. The Hall–Kier alpha value is -0.960. The lowest BCUT2D eigenvalue weighted by molar-refractivity contribution is 0.459. The Kier molecular flexibility index (Phi) is 2.50. The molecule has 0 radical (unpaired) electrons. The number of H-pyrrole nitrogens is 1. The van der Waals surface area contributed by atoms with Crippen LogP contribution in [0.4, 0.5) is 0 Å². The maximum atomic E-state index is 11.0. The van der Waals surface area contributed by atoms with Gasteiger partial charge in [0.1, 0.15) is 10.9 Å². The Balaban J connectivity index is 2.46. The summed E-state index contributed by atoms with van der Waals surface area (Å²) in [6.45, 7) is 0. The summed E-state index contributed by atoms with van der Waals surface area (Å²) >= 11 is 5.90. The molecule has 2 rings (SSSR count). The van der Waals surface area contributed by atoms with Crippen LogP contribution in [0.2, 0.25) is 5.15 Å². The molecular weight excluding hydrogens is 202 g/mol. The molecule has 3 nitrogen and oxygen atoms in total. The molecule has 0 saturated heterocycles. The molecule has 1 heterocycles. The molecule has 76 valence electrons. The number of aromatic nitrogens is 1. The van der Waals surface area contributed by atoms with Crippen molar-refractivity contribution in [2.75, 3.05) is 0 Å². The van der Waals surface area contributed by atoms with Crippen LogP contribution in [0.3, 0.4) is 0 Å². The maximum Gasteiger partial charge on any atom is 0.252 e. The van der Waals surface area contributed by atoms with Crippen LogP contribution < -0.4 is 5.56 Å². The van der Waals surface area contributed by atoms with Crippen LogP contribution in [0.25, 0.3) is 0 Å². The molecule has 1 aliphatic rings. The molecule has 0 aromatic carbocycles. The van der Waals surface area contributed by atoms with Gasteiger partial charge in [-0.05, 0) is 18.8 Å². The van der Waals surface area contributed by atoms with E-state index in [4.69, 9.17) is 11.6 Å². The number of aromatic hydroxyl groups is 1. The van der Waals surface area contributed by atoms with E-state index < -0.39 is 0 Å². The van der Waals surface area contributed by atoms with E-state index in [1.165, 1.54) is 18.9 Å². The Morgan fingerprint density at radius 1 is 1.43 bits per heavy atom. The fourth-order valence-electron chi connectivity index (χ4n) is 2.13. The van der Waals surface area contributed by atoms with Gasteiger partial charge in [-0.3, -0.25) is 4.79 Å². The Morgan fingerprint density at radius 3 is 2.64 bits per heavy atom. The molecule has 0 bridgehead atoms. The number of rotatable bonds is 1. The SMILES string of the molecule is O=c1cc(O)c(C2CCCC2)c(Cl)[nH]1. The molecule has 1 aromatic rings. The molecule has 0 spiro atoms. The van der Waals surface area contributed by atoms with Crippen molar-refractivity contribution in [2.24, 2.45) is 0 Å². The van der Waals surface area contributed by atoms with Gasteiger partial charge in [-0.1, -0.05) is 24.4 Å². The van der Waals surface area contributed by atoms with Crippen LogP contribution in [0, 0.1) is 0 Å². The highest BCUT2D eigenvalue weighted by molar-refractivity contribution is 6.30. The second kappa shape index (κ2) is 3.65. The normalized spacial score (nSPS) is 17.5. The van der Waals surface area contributed by atoms with Crippen molar-refractivity contribution in [3.05, 3.63) is 27.1 Å². The van der Waals surface area contributed by atoms with E-state index in [1.807, 2.05) is 0 Å². The first-order valence-corrected chi connectivity index (χ1v) is 5.18. The summed E-state index contributed by atoms with van der Waals surface area (Å²) in [7, 11) is 0. The molecule has 4 heteroatoms. The fourth-order valence-corrected chi connectivity index (χ4v) is 2.47. The second-order valence-electron chi connectivity index (χ2n) is 3.73. The molecule has 1 fully saturated rings. The van der Waals surface area contributed by atoms with Crippen molar-refractivity contribution in [3.63, 3.8) is 0 Å². The molecule has 1 aromatic heterocycles. The molecule has 1 saturated carbocycles. The molecule has 1 aliphatic carbocycles. The highest BCUT2D eigenvalue weighted by atomic mass is 35.5. The van der Waals surface area contributed by atoms with Gasteiger partial charge in [-0.15, -0.1) is 0 Å². The third-order valence-electron chi connectivity index (χ3n) is 2.78. The van der Waals surface area contributed by atoms with E-state index >= 15 is 0 Å². The smallest absolute Gasteiger partial charge is 0.252 e. The number of hydrogen-bond donors (Lipinski definition) is 2. The summed E-state index contributed by atoms with van der Waals surface area (Å²) in [4.78, 5) is 13.5. The van der Waals surface area contributed by atoms with Crippen molar-refractivity contribution in [1.82, 2.24) is 4.98 Å². The summed E-state index contributed by atoms with van der Waals surface area (Å²) in [6, 6.07) is 1.19. The van der Waals surface area contributed by atoms with E-state index in [0.29, 0.717) is 16.6 Å². The highest BCUT2D eigenvalue weighted by Gasteiger charge is 2.23. The predicted octanol–water partition coefficient (Wildman–Crippen LogP) is 2.39. The van der Waals surface area contributed by atoms with Crippen LogP contribution in [-0.2, 0) is 0 Å². The van der Waals surface area contributed by atoms with Gasteiger partial charge in [0, 0.05) is 11.6 Å². The first-order chi connectivity index (χ1) is 6.68. The predicted molar refractivity (Wildman–Crippen MR) is 54.9 cm³/mol. The molecule has 0 atom stereocenters. The molecule has 0 amide bonds. The van der Waals surface area contributed by atoms with Crippen LogP contribution >= 0.6 is 11.6 Å². The summed E-state index contributed by atoms with van der Waals surface area (Å²) in [5.74, 6) is 0.338. The average molecular weight is 214 g/mol. The number of nitrogens with one attached hydrogen (secondary N) is 1.